The number of carbonyl (C=O) groups excluding carboxylic acids is 2. The molecule has 0 aliphatic carbocycles. The van der Waals surface area contributed by atoms with E-state index in [0.717, 1.165) is 7.11 Å². The summed E-state index contributed by atoms with van der Waals surface area (Å²) >= 11 is 0. The van der Waals surface area contributed by atoms with E-state index in [9.17, 15) is 24.9 Å². The van der Waals surface area contributed by atoms with Crippen LogP contribution >= 0.6 is 0 Å². The zero-order valence-corrected chi connectivity index (χ0v) is 21.3. The molecule has 0 radical (unpaired) electrons. The fraction of sp³-hybridized carbons (Fsp3) is 0.538. The topological polar surface area (TPSA) is 161 Å². The quantitative estimate of drug-likeness (QED) is 0.213. The minimum atomic E-state index is -0.992. The first-order chi connectivity index (χ1) is 17.7. The molecule has 37 heavy (non-hydrogen) atoms. The van der Waals surface area contributed by atoms with Gasteiger partial charge in [-0.25, -0.2) is 4.79 Å². The molecule has 2 heterocycles. The molecule has 0 unspecified atom stereocenters. The van der Waals surface area contributed by atoms with Gasteiger partial charge in [0.15, 0.2) is 17.8 Å². The standard InChI is InChI=1S/C25H32O10.CH4O/c1-4-17-10-16(26)11-23(34-17)35-25-14(2)18(19(13-33-25)24(30)31-3)12-22(29)32-8-7-15-5-6-20(27)21(28)9-15;1-2/h5-6,9,13,16-18,23,25-28H,2,4,7-8,10-12H2,1,3H3;2H,1H3/t16-,17+,18-,23-,25-;/m0./s1. The van der Waals surface area contributed by atoms with Crippen molar-refractivity contribution in [3.8, 4) is 11.5 Å². The Kier molecular flexibility index (Phi) is 11.9. The lowest BCUT2D eigenvalue weighted by molar-refractivity contribution is -0.264. The minimum Gasteiger partial charge on any atom is -0.504 e. The highest BCUT2D eigenvalue weighted by Gasteiger charge is 2.39. The summed E-state index contributed by atoms with van der Waals surface area (Å²) in [7, 11) is 2.22. The normalized spacial score (nSPS) is 25.2. The van der Waals surface area contributed by atoms with Crippen molar-refractivity contribution in [3.05, 3.63) is 47.7 Å². The molecule has 1 saturated heterocycles. The largest absolute Gasteiger partial charge is 0.504 e. The molecule has 0 amide bonds. The molecule has 0 spiro atoms. The van der Waals surface area contributed by atoms with E-state index in [1.807, 2.05) is 6.92 Å². The number of carbonyl (C=O) groups is 2. The van der Waals surface area contributed by atoms with Gasteiger partial charge in [-0.2, -0.15) is 0 Å². The summed E-state index contributed by atoms with van der Waals surface area (Å²) in [4.78, 5) is 24.9. The van der Waals surface area contributed by atoms with Gasteiger partial charge >= 0.3 is 11.9 Å². The van der Waals surface area contributed by atoms with Crippen LogP contribution in [0.1, 0.15) is 38.2 Å². The average molecular weight is 525 g/mol. The predicted molar refractivity (Wildman–Crippen MR) is 130 cm³/mol. The van der Waals surface area contributed by atoms with Crippen molar-refractivity contribution in [2.75, 3.05) is 20.8 Å². The summed E-state index contributed by atoms with van der Waals surface area (Å²) in [5.41, 5.74) is 1.10. The van der Waals surface area contributed by atoms with Crippen LogP contribution in [0.5, 0.6) is 11.5 Å². The molecule has 1 aromatic carbocycles. The number of aliphatic hydroxyl groups excluding tert-OH is 2. The van der Waals surface area contributed by atoms with Gasteiger partial charge in [0, 0.05) is 25.9 Å². The van der Waals surface area contributed by atoms with Gasteiger partial charge in [-0.3, -0.25) is 4.79 Å². The van der Waals surface area contributed by atoms with Crippen LogP contribution in [-0.2, 0) is 39.7 Å². The zero-order valence-electron chi connectivity index (χ0n) is 21.3. The van der Waals surface area contributed by atoms with Crippen LogP contribution in [0.2, 0.25) is 0 Å². The minimum absolute atomic E-state index is 0.0299. The Morgan fingerprint density at radius 2 is 1.89 bits per heavy atom. The van der Waals surface area contributed by atoms with Crippen LogP contribution in [0.25, 0.3) is 0 Å². The highest BCUT2D eigenvalue weighted by atomic mass is 16.8. The monoisotopic (exact) mass is 524 g/mol. The van der Waals surface area contributed by atoms with Crippen LogP contribution in [0, 0.1) is 5.92 Å². The average Bonchev–Trinajstić information content (AvgIpc) is 2.89. The highest BCUT2D eigenvalue weighted by molar-refractivity contribution is 5.90. The van der Waals surface area contributed by atoms with E-state index in [-0.39, 0.29) is 42.6 Å². The fourth-order valence-corrected chi connectivity index (χ4v) is 4.01. The molecule has 2 aliphatic rings. The Morgan fingerprint density at radius 3 is 2.54 bits per heavy atom. The maximum Gasteiger partial charge on any atom is 0.337 e. The number of phenolic OH excluding ortho intramolecular Hbond substituents is 2. The summed E-state index contributed by atoms with van der Waals surface area (Å²) in [6.45, 7) is 5.97. The first kappa shape index (κ1) is 30.1. The second kappa shape index (κ2) is 14.6. The predicted octanol–water partition coefficient (Wildman–Crippen LogP) is 2.06. The van der Waals surface area contributed by atoms with Crippen molar-refractivity contribution in [1.29, 1.82) is 0 Å². The number of benzene rings is 1. The second-order valence-electron chi connectivity index (χ2n) is 8.52. The van der Waals surface area contributed by atoms with Crippen LogP contribution in [-0.4, -0.2) is 78.0 Å². The van der Waals surface area contributed by atoms with E-state index >= 15 is 0 Å². The van der Waals surface area contributed by atoms with Gasteiger partial charge in [0.25, 0.3) is 0 Å². The van der Waals surface area contributed by atoms with E-state index in [4.69, 9.17) is 28.8 Å². The number of hydrogen-bond donors (Lipinski definition) is 4. The molecule has 1 fully saturated rings. The summed E-state index contributed by atoms with van der Waals surface area (Å²) in [6, 6.07) is 4.34. The third-order valence-corrected chi connectivity index (χ3v) is 6.00. The Hall–Kier alpha value is -3.12. The Labute approximate surface area is 215 Å². The van der Waals surface area contributed by atoms with Crippen molar-refractivity contribution >= 4 is 11.9 Å². The molecule has 11 heteroatoms. The fourth-order valence-electron chi connectivity index (χ4n) is 4.01. The van der Waals surface area contributed by atoms with Crippen molar-refractivity contribution in [1.82, 2.24) is 0 Å². The van der Waals surface area contributed by atoms with Gasteiger partial charge in [0.1, 0.15) is 0 Å². The number of esters is 2. The molecule has 1 aromatic rings. The van der Waals surface area contributed by atoms with Crippen LogP contribution in [0.3, 0.4) is 0 Å². The first-order valence-corrected chi connectivity index (χ1v) is 11.9. The van der Waals surface area contributed by atoms with Gasteiger partial charge in [-0.1, -0.05) is 19.6 Å². The lowest BCUT2D eigenvalue weighted by Crippen LogP contribution is -2.41. The summed E-state index contributed by atoms with van der Waals surface area (Å²) < 4.78 is 27.4. The number of ether oxygens (including phenoxy) is 5. The van der Waals surface area contributed by atoms with Crippen LogP contribution in [0.15, 0.2) is 42.2 Å². The van der Waals surface area contributed by atoms with E-state index in [2.05, 4.69) is 6.58 Å². The highest BCUT2D eigenvalue weighted by Crippen LogP contribution is 2.35. The first-order valence-electron chi connectivity index (χ1n) is 11.9. The van der Waals surface area contributed by atoms with Gasteiger partial charge < -0.3 is 44.1 Å². The zero-order chi connectivity index (χ0) is 27.5. The van der Waals surface area contributed by atoms with E-state index in [1.165, 1.54) is 25.5 Å². The molecular weight excluding hydrogens is 488 g/mol. The lowest BCUT2D eigenvalue weighted by atomic mass is 9.87. The van der Waals surface area contributed by atoms with Gasteiger partial charge in [0.2, 0.25) is 6.29 Å². The second-order valence-corrected chi connectivity index (χ2v) is 8.52. The van der Waals surface area contributed by atoms with Crippen LogP contribution < -0.4 is 0 Å². The Bertz CT molecular complexity index is 958. The van der Waals surface area contributed by atoms with E-state index in [0.29, 0.717) is 30.4 Å². The SMILES string of the molecule is C=C1[C@H](O[C@H]2C[C@@H](O)C[C@@H](CC)O2)OC=C(C(=O)OC)[C@H]1CC(=O)OCCc1ccc(O)c(O)c1.CO. The molecule has 206 valence electrons. The molecule has 5 atom stereocenters. The number of rotatable bonds is 9. The smallest absolute Gasteiger partial charge is 0.337 e. The maximum atomic E-state index is 12.6. The summed E-state index contributed by atoms with van der Waals surface area (Å²) in [5.74, 6) is -2.52. The molecule has 0 aromatic heterocycles. The number of methoxy groups -OCH3 is 1. The van der Waals surface area contributed by atoms with E-state index in [1.54, 1.807) is 6.07 Å². The third kappa shape index (κ3) is 8.46. The van der Waals surface area contributed by atoms with Crippen molar-refractivity contribution in [2.24, 2.45) is 5.92 Å². The van der Waals surface area contributed by atoms with Gasteiger partial charge in [-0.05, 0) is 36.1 Å². The van der Waals surface area contributed by atoms with Gasteiger partial charge in [0.05, 0.1) is 44.2 Å². The molecule has 4 N–H and O–H groups in total. The molecule has 11 nitrogen and oxygen atoms in total. The van der Waals surface area contributed by atoms with Gasteiger partial charge in [-0.15, -0.1) is 0 Å². The van der Waals surface area contributed by atoms with Crippen molar-refractivity contribution in [3.63, 3.8) is 0 Å². The molecule has 0 saturated carbocycles. The summed E-state index contributed by atoms with van der Waals surface area (Å²) in [6.07, 6.45) is 0.370. The summed E-state index contributed by atoms with van der Waals surface area (Å²) in [5, 5.41) is 36.1. The van der Waals surface area contributed by atoms with Crippen molar-refractivity contribution in [2.45, 2.75) is 63.8 Å². The maximum absolute atomic E-state index is 12.6. The Morgan fingerprint density at radius 1 is 1.16 bits per heavy atom. The number of aromatic hydroxyl groups is 2. The van der Waals surface area contributed by atoms with Crippen molar-refractivity contribution < 1.29 is 53.7 Å². The number of phenols is 2. The molecular formula is C26H36O11. The van der Waals surface area contributed by atoms with E-state index < -0.39 is 36.5 Å². The molecule has 0 bridgehead atoms. The number of aliphatic hydroxyl groups is 2. The third-order valence-electron chi connectivity index (χ3n) is 6.00. The van der Waals surface area contributed by atoms with Crippen LogP contribution in [0.4, 0.5) is 0 Å². The molecule has 3 rings (SSSR count). The number of hydrogen-bond acceptors (Lipinski definition) is 11. The molecule has 2 aliphatic heterocycles. The lowest BCUT2D eigenvalue weighted by Gasteiger charge is -2.37. The Balaban J connectivity index is 0.00000235.